The van der Waals surface area contributed by atoms with Crippen LogP contribution >= 0.6 is 23.2 Å². The number of anilines is 1. The van der Waals surface area contributed by atoms with Crippen LogP contribution in [0.2, 0.25) is 10.0 Å². The fourth-order valence-corrected chi connectivity index (χ4v) is 3.07. The average Bonchev–Trinajstić information content (AvgIpc) is 2.68. The molecular weight excluding hydrogens is 381 g/mol. The molecule has 27 heavy (non-hydrogen) atoms. The van der Waals surface area contributed by atoms with Crippen molar-refractivity contribution in [3.63, 3.8) is 0 Å². The van der Waals surface area contributed by atoms with Gasteiger partial charge in [-0.05, 0) is 35.9 Å². The summed E-state index contributed by atoms with van der Waals surface area (Å²) >= 11 is 12.1. The second-order valence-corrected chi connectivity index (χ2v) is 6.61. The highest BCUT2D eigenvalue weighted by Crippen LogP contribution is 2.25. The highest BCUT2D eigenvalue weighted by Gasteiger charge is 2.12. The first-order valence-corrected chi connectivity index (χ1v) is 9.00. The van der Waals surface area contributed by atoms with Crippen LogP contribution in [0.4, 0.5) is 5.69 Å². The summed E-state index contributed by atoms with van der Waals surface area (Å²) < 4.78 is 5.26. The van der Waals surface area contributed by atoms with E-state index in [-0.39, 0.29) is 5.78 Å². The van der Waals surface area contributed by atoms with E-state index in [1.165, 1.54) is 6.08 Å². The van der Waals surface area contributed by atoms with Gasteiger partial charge in [-0.1, -0.05) is 59.6 Å². The molecule has 0 aliphatic heterocycles. The van der Waals surface area contributed by atoms with Gasteiger partial charge in [0, 0.05) is 34.1 Å². The smallest absolute Gasteiger partial charge is 0.189 e. The minimum Gasteiger partial charge on any atom is -0.497 e. The number of allylic oxidation sites excluding steroid dienone is 1. The number of ketones is 1. The molecule has 0 fully saturated rings. The summed E-state index contributed by atoms with van der Waals surface area (Å²) in [5.41, 5.74) is 2.72. The van der Waals surface area contributed by atoms with Gasteiger partial charge in [0.05, 0.1) is 12.1 Å². The Kier molecular flexibility index (Phi) is 6.17. The van der Waals surface area contributed by atoms with Gasteiger partial charge < -0.3 is 10.1 Å². The summed E-state index contributed by atoms with van der Waals surface area (Å²) in [6.45, 7) is 0. The quantitative estimate of drug-likeness (QED) is 0.389. The molecule has 1 N–H and O–H groups in total. The van der Waals surface area contributed by atoms with Crippen LogP contribution in [-0.2, 0) is 0 Å². The monoisotopic (exact) mass is 397 g/mol. The summed E-state index contributed by atoms with van der Waals surface area (Å²) in [6, 6.07) is 21.9. The van der Waals surface area contributed by atoms with Gasteiger partial charge in [-0.25, -0.2) is 0 Å². The molecule has 0 unspecified atom stereocenters. The topological polar surface area (TPSA) is 38.3 Å². The maximum absolute atomic E-state index is 12.8. The Bertz CT molecular complexity index is 985. The number of benzene rings is 3. The van der Waals surface area contributed by atoms with Gasteiger partial charge in [0.15, 0.2) is 5.78 Å². The van der Waals surface area contributed by atoms with Gasteiger partial charge in [-0.3, -0.25) is 4.79 Å². The number of hydrogen-bond acceptors (Lipinski definition) is 3. The number of hydrogen-bond donors (Lipinski definition) is 1. The van der Waals surface area contributed by atoms with Crippen LogP contribution in [0.1, 0.15) is 15.9 Å². The predicted octanol–water partition coefficient (Wildman–Crippen LogP) is 6.34. The maximum atomic E-state index is 12.8. The fourth-order valence-electron chi connectivity index (χ4n) is 2.56. The summed E-state index contributed by atoms with van der Waals surface area (Å²) in [6.07, 6.45) is 1.53. The zero-order chi connectivity index (χ0) is 19.2. The van der Waals surface area contributed by atoms with Crippen molar-refractivity contribution in [3.05, 3.63) is 100 Å². The van der Waals surface area contributed by atoms with Crippen molar-refractivity contribution < 1.29 is 9.53 Å². The van der Waals surface area contributed by atoms with Crippen LogP contribution in [0.25, 0.3) is 5.70 Å². The molecule has 0 radical (unpaired) electrons. The lowest BCUT2D eigenvalue weighted by molar-refractivity contribution is 0.104. The minimum absolute atomic E-state index is 0.217. The predicted molar refractivity (Wildman–Crippen MR) is 112 cm³/mol. The first-order chi connectivity index (χ1) is 13.1. The molecule has 3 rings (SSSR count). The third kappa shape index (κ3) is 4.91. The van der Waals surface area contributed by atoms with Gasteiger partial charge in [0.2, 0.25) is 0 Å². The number of nitrogens with one attached hydrogen (secondary N) is 1. The van der Waals surface area contributed by atoms with Crippen molar-refractivity contribution >= 4 is 40.4 Å². The molecule has 0 heterocycles. The highest BCUT2D eigenvalue weighted by atomic mass is 35.5. The SMILES string of the molecule is COc1cccc(N/C(=C/C(=O)c2ccc(Cl)cc2Cl)c2ccccc2)c1. The zero-order valence-electron chi connectivity index (χ0n) is 14.6. The van der Waals surface area contributed by atoms with Gasteiger partial charge in [-0.2, -0.15) is 0 Å². The molecule has 5 heteroatoms. The van der Waals surface area contributed by atoms with Gasteiger partial charge in [0.1, 0.15) is 5.75 Å². The van der Waals surface area contributed by atoms with Gasteiger partial charge >= 0.3 is 0 Å². The van der Waals surface area contributed by atoms with E-state index in [1.54, 1.807) is 25.3 Å². The van der Waals surface area contributed by atoms with Gasteiger partial charge in [0.25, 0.3) is 0 Å². The zero-order valence-corrected chi connectivity index (χ0v) is 16.1. The minimum atomic E-state index is -0.217. The van der Waals surface area contributed by atoms with Crippen molar-refractivity contribution in [2.24, 2.45) is 0 Å². The summed E-state index contributed by atoms with van der Waals surface area (Å²) in [5, 5.41) is 4.09. The maximum Gasteiger partial charge on any atom is 0.189 e. The Labute approximate surface area is 168 Å². The van der Waals surface area contributed by atoms with E-state index in [1.807, 2.05) is 54.6 Å². The second kappa shape index (κ2) is 8.76. The number of ether oxygens (including phenoxy) is 1. The molecule has 3 nitrogen and oxygen atoms in total. The van der Waals surface area contributed by atoms with Gasteiger partial charge in [-0.15, -0.1) is 0 Å². The second-order valence-electron chi connectivity index (χ2n) is 5.77. The van der Waals surface area contributed by atoms with E-state index in [0.717, 1.165) is 17.0 Å². The third-order valence-electron chi connectivity index (χ3n) is 3.91. The number of rotatable bonds is 6. The normalized spacial score (nSPS) is 11.1. The molecule has 0 aliphatic carbocycles. The molecule has 0 amide bonds. The molecule has 0 atom stereocenters. The lowest BCUT2D eigenvalue weighted by Crippen LogP contribution is -2.04. The molecule has 0 aromatic heterocycles. The van der Waals surface area contributed by atoms with Crippen molar-refractivity contribution in [1.82, 2.24) is 0 Å². The molecular formula is C22H17Cl2NO2. The van der Waals surface area contributed by atoms with Crippen molar-refractivity contribution in [2.45, 2.75) is 0 Å². The van der Waals surface area contributed by atoms with Crippen molar-refractivity contribution in [1.29, 1.82) is 0 Å². The molecule has 0 saturated heterocycles. The van der Waals surface area contributed by atoms with Crippen molar-refractivity contribution in [3.8, 4) is 5.75 Å². The Morgan fingerprint density at radius 1 is 0.963 bits per heavy atom. The standard InChI is InChI=1S/C22H17Cl2NO2/c1-27-18-9-5-8-17(13-18)25-21(15-6-3-2-4-7-15)14-22(26)19-11-10-16(23)12-20(19)24/h2-14,25H,1H3/b21-14+. The van der Waals surface area contributed by atoms with Crippen LogP contribution in [0.15, 0.2) is 78.9 Å². The van der Waals surface area contributed by atoms with Crippen LogP contribution in [-0.4, -0.2) is 12.9 Å². The average molecular weight is 398 g/mol. The van der Waals surface area contributed by atoms with E-state index in [9.17, 15) is 4.79 Å². The van der Waals surface area contributed by atoms with Crippen LogP contribution in [0, 0.1) is 0 Å². The first-order valence-electron chi connectivity index (χ1n) is 8.24. The lowest BCUT2D eigenvalue weighted by atomic mass is 10.1. The third-order valence-corrected chi connectivity index (χ3v) is 4.45. The molecule has 0 saturated carbocycles. The molecule has 0 bridgehead atoms. The number of carbonyl (C=O) groups excluding carboxylic acids is 1. The summed E-state index contributed by atoms with van der Waals surface area (Å²) in [7, 11) is 1.61. The molecule has 0 aliphatic rings. The summed E-state index contributed by atoms with van der Waals surface area (Å²) in [4.78, 5) is 12.8. The van der Waals surface area contributed by atoms with E-state index in [0.29, 0.717) is 21.3 Å². The van der Waals surface area contributed by atoms with E-state index in [4.69, 9.17) is 27.9 Å². The fraction of sp³-hybridized carbons (Fsp3) is 0.0455. The number of halogens is 2. The first kappa shape index (κ1) is 19.0. The number of methoxy groups -OCH3 is 1. The molecule has 136 valence electrons. The Morgan fingerprint density at radius 3 is 2.44 bits per heavy atom. The molecule has 3 aromatic rings. The van der Waals surface area contributed by atoms with E-state index in [2.05, 4.69) is 5.32 Å². The Hall–Kier alpha value is -2.75. The van der Waals surface area contributed by atoms with Crippen LogP contribution < -0.4 is 10.1 Å². The van der Waals surface area contributed by atoms with E-state index < -0.39 is 0 Å². The Morgan fingerprint density at radius 2 is 1.74 bits per heavy atom. The van der Waals surface area contributed by atoms with Crippen LogP contribution in [0.3, 0.4) is 0 Å². The summed E-state index contributed by atoms with van der Waals surface area (Å²) in [5.74, 6) is 0.505. The van der Waals surface area contributed by atoms with E-state index >= 15 is 0 Å². The largest absolute Gasteiger partial charge is 0.497 e. The Balaban J connectivity index is 1.99. The van der Waals surface area contributed by atoms with Crippen LogP contribution in [0.5, 0.6) is 5.75 Å². The highest BCUT2D eigenvalue weighted by molar-refractivity contribution is 6.37. The molecule has 0 spiro atoms. The van der Waals surface area contributed by atoms with Crippen molar-refractivity contribution in [2.75, 3.05) is 12.4 Å². The molecule has 3 aromatic carbocycles. The lowest BCUT2D eigenvalue weighted by Gasteiger charge is -2.13. The number of carbonyl (C=O) groups is 1.